The number of aromatic nitrogens is 3. The minimum absolute atomic E-state index is 0.00850. The van der Waals surface area contributed by atoms with E-state index >= 15 is 0 Å². The molecular weight excluding hydrogens is 373 g/mol. The van der Waals surface area contributed by atoms with Crippen molar-refractivity contribution in [2.75, 3.05) is 17.2 Å². The molecule has 2 aromatic heterocycles. The number of nitrogens with two attached hydrogens (primary N) is 2. The number of nitrogens with one attached hydrogen (secondary N) is 2. The molecule has 0 spiro atoms. The molecule has 9 heteroatoms. The Labute approximate surface area is 167 Å². The second kappa shape index (κ2) is 8.78. The lowest BCUT2D eigenvalue weighted by atomic mass is 10.0. The van der Waals surface area contributed by atoms with Crippen LogP contribution in [0.15, 0.2) is 36.7 Å². The van der Waals surface area contributed by atoms with E-state index in [1.165, 1.54) is 0 Å². The van der Waals surface area contributed by atoms with Crippen LogP contribution < -0.4 is 22.1 Å². The van der Waals surface area contributed by atoms with Crippen molar-refractivity contribution in [2.24, 2.45) is 17.4 Å². The van der Waals surface area contributed by atoms with Gasteiger partial charge in [-0.1, -0.05) is 13.8 Å². The first-order valence-electron chi connectivity index (χ1n) is 9.32. The van der Waals surface area contributed by atoms with Crippen molar-refractivity contribution in [3.05, 3.63) is 48.0 Å². The lowest BCUT2D eigenvalue weighted by molar-refractivity contribution is 0.100. The largest absolute Gasteiger partial charge is 0.365 e. The van der Waals surface area contributed by atoms with E-state index in [0.717, 1.165) is 18.0 Å². The van der Waals surface area contributed by atoms with Crippen LogP contribution in [0.4, 0.5) is 21.7 Å². The average molecular weight is 397 g/mol. The third-order valence-corrected chi connectivity index (χ3v) is 4.35. The molecule has 29 heavy (non-hydrogen) atoms. The van der Waals surface area contributed by atoms with Crippen LogP contribution in [-0.2, 0) is 0 Å². The maximum Gasteiger partial charge on any atom is 0.252 e. The van der Waals surface area contributed by atoms with Gasteiger partial charge >= 0.3 is 0 Å². The van der Waals surface area contributed by atoms with Gasteiger partial charge in [-0.05, 0) is 36.6 Å². The third kappa shape index (κ3) is 4.94. The highest BCUT2D eigenvalue weighted by atomic mass is 19.1. The van der Waals surface area contributed by atoms with E-state index in [-0.39, 0.29) is 23.2 Å². The van der Waals surface area contributed by atoms with Crippen LogP contribution in [-0.4, -0.2) is 33.4 Å². The number of pyridine rings is 1. The first kappa shape index (κ1) is 20.4. The molecule has 0 saturated carbocycles. The van der Waals surface area contributed by atoms with Gasteiger partial charge in [0.25, 0.3) is 5.91 Å². The standard InChI is InChI=1S/C20H24FN7O/c1-11(2)7-13(10-22)27-20-15(21)9-14(18(23)29)19(28-20)26-12-3-4-16-17(8-12)25-6-5-24-16/h3-6,8-9,11,13H,7,10,22H2,1-2H3,(H2,23,29)(H2,26,27,28). The molecule has 1 aromatic carbocycles. The number of fused-ring (bicyclic) bond motifs is 1. The zero-order valence-corrected chi connectivity index (χ0v) is 16.3. The van der Waals surface area contributed by atoms with Crippen LogP contribution in [0.5, 0.6) is 0 Å². The van der Waals surface area contributed by atoms with Gasteiger partial charge in [-0.25, -0.2) is 9.37 Å². The summed E-state index contributed by atoms with van der Waals surface area (Å²) in [5.74, 6) is -0.932. The van der Waals surface area contributed by atoms with Gasteiger partial charge in [-0.15, -0.1) is 0 Å². The van der Waals surface area contributed by atoms with Crippen LogP contribution in [0.25, 0.3) is 11.0 Å². The number of primary amides is 1. The Morgan fingerprint density at radius 1 is 1.14 bits per heavy atom. The molecule has 8 nitrogen and oxygen atoms in total. The fraction of sp³-hybridized carbons (Fsp3) is 0.300. The highest BCUT2D eigenvalue weighted by Crippen LogP contribution is 2.26. The second-order valence-electron chi connectivity index (χ2n) is 7.17. The molecule has 0 bridgehead atoms. The third-order valence-electron chi connectivity index (χ3n) is 4.35. The van der Waals surface area contributed by atoms with Crippen LogP contribution in [0.3, 0.4) is 0 Å². The summed E-state index contributed by atoms with van der Waals surface area (Å²) in [6.07, 6.45) is 3.94. The van der Waals surface area contributed by atoms with E-state index in [1.54, 1.807) is 30.6 Å². The SMILES string of the molecule is CC(C)CC(CN)Nc1nc(Nc2ccc3nccnc3c2)c(C(N)=O)cc1F. The molecule has 1 unspecified atom stereocenters. The van der Waals surface area contributed by atoms with Crippen LogP contribution in [0.2, 0.25) is 0 Å². The van der Waals surface area contributed by atoms with Gasteiger partial charge < -0.3 is 22.1 Å². The van der Waals surface area contributed by atoms with E-state index in [9.17, 15) is 9.18 Å². The highest BCUT2D eigenvalue weighted by molar-refractivity contribution is 5.98. The van der Waals surface area contributed by atoms with E-state index < -0.39 is 11.7 Å². The zero-order chi connectivity index (χ0) is 21.0. The van der Waals surface area contributed by atoms with Crippen molar-refractivity contribution in [3.63, 3.8) is 0 Å². The van der Waals surface area contributed by atoms with Crippen molar-refractivity contribution in [2.45, 2.75) is 26.3 Å². The number of carbonyl (C=O) groups excluding carboxylic acids is 1. The summed E-state index contributed by atoms with van der Waals surface area (Å²) in [5.41, 5.74) is 13.2. The fourth-order valence-electron chi connectivity index (χ4n) is 3.03. The van der Waals surface area contributed by atoms with E-state index in [0.29, 0.717) is 23.7 Å². The normalized spacial score (nSPS) is 12.2. The summed E-state index contributed by atoms with van der Waals surface area (Å²) in [5, 5.41) is 6.05. The Hall–Kier alpha value is -3.33. The first-order valence-corrected chi connectivity index (χ1v) is 9.32. The zero-order valence-electron chi connectivity index (χ0n) is 16.3. The van der Waals surface area contributed by atoms with E-state index in [4.69, 9.17) is 11.5 Å². The molecule has 0 fully saturated rings. The van der Waals surface area contributed by atoms with E-state index in [2.05, 4.69) is 39.4 Å². The molecule has 1 amide bonds. The molecule has 0 radical (unpaired) electrons. The minimum Gasteiger partial charge on any atom is -0.365 e. The van der Waals surface area contributed by atoms with Gasteiger partial charge in [0, 0.05) is 30.7 Å². The average Bonchev–Trinajstić information content (AvgIpc) is 2.69. The second-order valence-corrected chi connectivity index (χ2v) is 7.17. The van der Waals surface area contributed by atoms with E-state index in [1.807, 2.05) is 0 Å². The van der Waals surface area contributed by atoms with Crippen molar-refractivity contribution < 1.29 is 9.18 Å². The fourth-order valence-corrected chi connectivity index (χ4v) is 3.03. The molecule has 0 aliphatic rings. The molecule has 3 rings (SSSR count). The lowest BCUT2D eigenvalue weighted by Gasteiger charge is -2.21. The van der Waals surface area contributed by atoms with Gasteiger partial charge in [0.1, 0.15) is 5.82 Å². The Bertz CT molecular complexity index is 1020. The van der Waals surface area contributed by atoms with Crippen molar-refractivity contribution in [3.8, 4) is 0 Å². The lowest BCUT2D eigenvalue weighted by Crippen LogP contribution is -2.31. The molecule has 6 N–H and O–H groups in total. The summed E-state index contributed by atoms with van der Waals surface area (Å²) >= 11 is 0. The number of halogens is 1. The number of nitrogens with zero attached hydrogens (tertiary/aromatic N) is 3. The maximum absolute atomic E-state index is 14.6. The summed E-state index contributed by atoms with van der Waals surface area (Å²) < 4.78 is 14.6. The van der Waals surface area contributed by atoms with Gasteiger partial charge in [0.05, 0.1) is 16.6 Å². The van der Waals surface area contributed by atoms with Crippen LogP contribution in [0, 0.1) is 11.7 Å². The Morgan fingerprint density at radius 2 is 1.86 bits per heavy atom. The van der Waals surface area contributed by atoms with Gasteiger partial charge in [0.2, 0.25) is 0 Å². The summed E-state index contributed by atoms with van der Waals surface area (Å²) in [6.45, 7) is 4.43. The Morgan fingerprint density at radius 3 is 2.52 bits per heavy atom. The van der Waals surface area contributed by atoms with Crippen LogP contribution in [0.1, 0.15) is 30.6 Å². The van der Waals surface area contributed by atoms with Crippen molar-refractivity contribution in [1.82, 2.24) is 15.0 Å². The molecule has 2 heterocycles. The molecule has 0 aliphatic heterocycles. The molecule has 0 saturated heterocycles. The molecule has 0 aliphatic carbocycles. The number of rotatable bonds is 8. The van der Waals surface area contributed by atoms with Crippen molar-refractivity contribution in [1.29, 1.82) is 0 Å². The predicted molar refractivity (Wildman–Crippen MR) is 111 cm³/mol. The number of amides is 1. The number of hydrogen-bond donors (Lipinski definition) is 4. The summed E-state index contributed by atoms with van der Waals surface area (Å²) in [4.78, 5) is 24.6. The molecular formula is C20H24FN7O. The molecule has 152 valence electrons. The highest BCUT2D eigenvalue weighted by Gasteiger charge is 2.19. The maximum atomic E-state index is 14.6. The topological polar surface area (TPSA) is 132 Å². The van der Waals surface area contributed by atoms with Gasteiger partial charge in [-0.3, -0.25) is 14.8 Å². The smallest absolute Gasteiger partial charge is 0.252 e. The minimum atomic E-state index is -0.788. The monoisotopic (exact) mass is 397 g/mol. The molecule has 3 aromatic rings. The Kier molecular flexibility index (Phi) is 6.18. The molecule has 1 atom stereocenters. The quantitative estimate of drug-likeness (QED) is 0.459. The van der Waals surface area contributed by atoms with Crippen LogP contribution >= 0.6 is 0 Å². The number of anilines is 3. The Balaban J connectivity index is 1.95. The summed E-state index contributed by atoms with van der Waals surface area (Å²) in [7, 11) is 0. The number of carbonyl (C=O) groups is 1. The number of benzene rings is 1. The number of hydrogen-bond acceptors (Lipinski definition) is 7. The van der Waals surface area contributed by atoms with Gasteiger partial charge in [-0.2, -0.15) is 0 Å². The predicted octanol–water partition coefficient (Wildman–Crippen LogP) is 2.79. The van der Waals surface area contributed by atoms with Crippen molar-refractivity contribution >= 4 is 34.3 Å². The first-order chi connectivity index (χ1) is 13.9. The summed E-state index contributed by atoms with van der Waals surface area (Å²) in [6, 6.07) is 6.22. The van der Waals surface area contributed by atoms with Gasteiger partial charge in [0.15, 0.2) is 11.6 Å².